The smallest absolute Gasteiger partial charge is 0.433 e. The van der Waals surface area contributed by atoms with Crippen LogP contribution in [0.4, 0.5) is 27.6 Å². The number of nitrogens with zero attached hydrogens (tertiary/aromatic N) is 3. The number of carbonyl (C=O) groups excluding carboxylic acids is 2. The number of amides is 2. The fraction of sp³-hybridized carbons (Fsp3) is 0.176. The van der Waals surface area contributed by atoms with E-state index < -0.39 is 59.5 Å². The second-order valence-corrected chi connectivity index (χ2v) is 6.20. The summed E-state index contributed by atoms with van der Waals surface area (Å²) in [6, 6.07) is 3.10. The number of anilines is 1. The van der Waals surface area contributed by atoms with E-state index in [9.17, 15) is 31.5 Å². The molecule has 0 fully saturated rings. The highest BCUT2D eigenvalue weighted by molar-refractivity contribution is 6.01. The van der Waals surface area contributed by atoms with Crippen LogP contribution < -0.4 is 15.4 Å². The number of benzene rings is 1. The summed E-state index contributed by atoms with van der Waals surface area (Å²) in [5.41, 5.74) is -1.78. The lowest BCUT2D eigenvalue weighted by molar-refractivity contribution is -0.142. The van der Waals surface area contributed by atoms with Crippen LogP contribution in [0.15, 0.2) is 30.3 Å². The van der Waals surface area contributed by atoms with Crippen molar-refractivity contribution in [3.05, 3.63) is 53.5 Å². The molecule has 3 heterocycles. The molecule has 1 aliphatic rings. The quantitative estimate of drug-likeness (QED) is 0.611. The second kappa shape index (κ2) is 6.93. The minimum atomic E-state index is -4.74. The van der Waals surface area contributed by atoms with Crippen LogP contribution in [0.1, 0.15) is 16.3 Å². The predicted octanol–water partition coefficient (Wildman–Crippen LogP) is 2.16. The molecular weight excluding hydrogens is 417 g/mol. The van der Waals surface area contributed by atoms with Gasteiger partial charge in [0.15, 0.2) is 11.5 Å². The monoisotopic (exact) mass is 427 g/mol. The molecule has 1 atom stereocenters. The molecule has 3 aromatic rings. The molecule has 2 amide bonds. The van der Waals surface area contributed by atoms with Gasteiger partial charge in [0.05, 0.1) is 0 Å². The van der Waals surface area contributed by atoms with Gasteiger partial charge in [-0.05, 0) is 12.1 Å². The van der Waals surface area contributed by atoms with Crippen LogP contribution in [0.5, 0.6) is 5.75 Å². The van der Waals surface area contributed by atoms with Crippen molar-refractivity contribution >= 4 is 23.1 Å². The van der Waals surface area contributed by atoms with Crippen molar-refractivity contribution in [2.24, 2.45) is 0 Å². The first-order chi connectivity index (χ1) is 14.1. The number of rotatable bonds is 2. The van der Waals surface area contributed by atoms with Crippen LogP contribution in [-0.4, -0.2) is 39.1 Å². The molecule has 30 heavy (non-hydrogen) atoms. The van der Waals surface area contributed by atoms with Crippen LogP contribution in [0.2, 0.25) is 0 Å². The molecule has 0 bridgehead atoms. The predicted molar refractivity (Wildman–Crippen MR) is 89.7 cm³/mol. The lowest BCUT2D eigenvalue weighted by atomic mass is 10.2. The third-order valence-electron chi connectivity index (χ3n) is 4.15. The number of alkyl halides is 3. The molecule has 0 saturated heterocycles. The van der Waals surface area contributed by atoms with E-state index in [2.05, 4.69) is 20.7 Å². The summed E-state index contributed by atoms with van der Waals surface area (Å²) < 4.78 is 72.0. The molecule has 0 radical (unpaired) electrons. The van der Waals surface area contributed by atoms with Crippen molar-refractivity contribution in [3.63, 3.8) is 0 Å². The van der Waals surface area contributed by atoms with Crippen LogP contribution in [0.3, 0.4) is 0 Å². The third-order valence-corrected chi connectivity index (χ3v) is 4.15. The van der Waals surface area contributed by atoms with Gasteiger partial charge in [-0.2, -0.15) is 13.2 Å². The van der Waals surface area contributed by atoms with Crippen LogP contribution >= 0.6 is 0 Å². The van der Waals surface area contributed by atoms with Crippen molar-refractivity contribution in [2.45, 2.75) is 12.2 Å². The Morgan fingerprint density at radius 3 is 2.77 bits per heavy atom. The average Bonchev–Trinajstić information content (AvgIpc) is 3.04. The fourth-order valence-corrected chi connectivity index (χ4v) is 2.79. The minimum Gasteiger partial charge on any atom is -0.488 e. The second-order valence-electron chi connectivity index (χ2n) is 6.20. The Morgan fingerprint density at radius 2 is 2.03 bits per heavy atom. The van der Waals surface area contributed by atoms with Gasteiger partial charge in [-0.25, -0.2) is 18.3 Å². The maximum Gasteiger partial charge on any atom is 0.433 e. The van der Waals surface area contributed by atoms with E-state index in [1.807, 2.05) is 0 Å². The van der Waals surface area contributed by atoms with Crippen molar-refractivity contribution in [2.75, 3.05) is 11.9 Å². The van der Waals surface area contributed by atoms with E-state index in [1.54, 1.807) is 0 Å². The van der Waals surface area contributed by atoms with E-state index in [-0.39, 0.29) is 11.4 Å². The van der Waals surface area contributed by atoms with E-state index in [0.717, 1.165) is 18.2 Å². The Hall–Kier alpha value is -3.77. The molecule has 2 aromatic heterocycles. The average molecular weight is 427 g/mol. The SMILES string of the molecule is O=C(NC1COc2cc(F)cc(F)c2NC1=O)c1nc2cccc(C(F)(F)F)n2n1. The van der Waals surface area contributed by atoms with Crippen LogP contribution in [0.25, 0.3) is 5.65 Å². The summed E-state index contributed by atoms with van der Waals surface area (Å²) in [5.74, 6) is -4.86. The van der Waals surface area contributed by atoms with Crippen molar-refractivity contribution < 1.29 is 36.3 Å². The molecule has 0 saturated carbocycles. The summed E-state index contributed by atoms with van der Waals surface area (Å²) in [6.45, 7) is -0.491. The topological polar surface area (TPSA) is 97.6 Å². The summed E-state index contributed by atoms with van der Waals surface area (Å²) in [6.07, 6.45) is -4.74. The molecule has 1 unspecified atom stereocenters. The van der Waals surface area contributed by atoms with Crippen molar-refractivity contribution in [3.8, 4) is 5.75 Å². The standard InChI is InChI=1S/C17H10F5N5O3/c18-7-4-8(19)13-10(5-7)30-6-9(15(28)25-13)23-16(29)14-24-12-3-1-2-11(17(20,21)22)27(12)26-14/h1-5,9H,6H2,(H,23,29)(H,25,28). The Labute approximate surface area is 163 Å². The Balaban J connectivity index is 1.57. The molecule has 8 nitrogen and oxygen atoms in total. The zero-order valence-corrected chi connectivity index (χ0v) is 14.6. The number of nitrogens with one attached hydrogen (secondary N) is 2. The van der Waals surface area contributed by atoms with Gasteiger partial charge in [-0.15, -0.1) is 5.10 Å². The molecule has 1 aliphatic heterocycles. The first kappa shape index (κ1) is 19.5. The number of hydrogen-bond acceptors (Lipinski definition) is 5. The Bertz CT molecular complexity index is 1180. The van der Waals surface area contributed by atoms with Crippen molar-refractivity contribution in [1.82, 2.24) is 19.9 Å². The van der Waals surface area contributed by atoms with E-state index in [0.29, 0.717) is 10.6 Å². The van der Waals surface area contributed by atoms with Crippen LogP contribution in [-0.2, 0) is 11.0 Å². The maximum absolute atomic E-state index is 13.9. The highest BCUT2D eigenvalue weighted by atomic mass is 19.4. The third kappa shape index (κ3) is 3.49. The van der Waals surface area contributed by atoms with Crippen molar-refractivity contribution in [1.29, 1.82) is 0 Å². The van der Waals surface area contributed by atoms with Gasteiger partial charge in [-0.1, -0.05) is 6.07 Å². The van der Waals surface area contributed by atoms with E-state index >= 15 is 0 Å². The summed E-state index contributed by atoms with van der Waals surface area (Å²) in [7, 11) is 0. The Morgan fingerprint density at radius 1 is 1.27 bits per heavy atom. The summed E-state index contributed by atoms with van der Waals surface area (Å²) in [5, 5.41) is 7.92. The molecule has 0 aliphatic carbocycles. The molecule has 1 aromatic carbocycles. The van der Waals surface area contributed by atoms with Gasteiger partial charge in [-0.3, -0.25) is 9.59 Å². The molecular formula is C17H10F5N5O3. The number of pyridine rings is 1. The summed E-state index contributed by atoms with van der Waals surface area (Å²) >= 11 is 0. The highest BCUT2D eigenvalue weighted by Gasteiger charge is 2.35. The Kier molecular flexibility index (Phi) is 4.51. The first-order valence-electron chi connectivity index (χ1n) is 8.30. The highest BCUT2D eigenvalue weighted by Crippen LogP contribution is 2.31. The lowest BCUT2D eigenvalue weighted by Crippen LogP contribution is -2.46. The maximum atomic E-state index is 13.9. The first-order valence-corrected chi connectivity index (χ1v) is 8.30. The fourth-order valence-electron chi connectivity index (χ4n) is 2.79. The van der Waals surface area contributed by atoms with Crippen LogP contribution in [0, 0.1) is 11.6 Å². The van der Waals surface area contributed by atoms with Gasteiger partial charge in [0, 0.05) is 12.1 Å². The van der Waals surface area contributed by atoms with Gasteiger partial charge in [0.25, 0.3) is 11.8 Å². The van der Waals surface area contributed by atoms with Gasteiger partial charge >= 0.3 is 6.18 Å². The molecule has 13 heteroatoms. The number of hydrogen-bond donors (Lipinski definition) is 2. The van der Waals surface area contributed by atoms with E-state index in [4.69, 9.17) is 4.74 Å². The largest absolute Gasteiger partial charge is 0.488 e. The molecule has 4 rings (SSSR count). The zero-order valence-electron chi connectivity index (χ0n) is 14.6. The number of halogens is 5. The lowest BCUT2D eigenvalue weighted by Gasteiger charge is -2.13. The minimum absolute atomic E-state index is 0.235. The molecule has 2 N–H and O–H groups in total. The van der Waals surface area contributed by atoms with E-state index in [1.165, 1.54) is 6.07 Å². The molecule has 0 spiro atoms. The zero-order chi connectivity index (χ0) is 21.6. The number of fused-ring (bicyclic) bond motifs is 2. The number of carbonyl (C=O) groups is 2. The van der Waals surface area contributed by atoms with Gasteiger partial charge in [0.2, 0.25) is 5.82 Å². The normalized spacial score (nSPS) is 16.4. The van der Waals surface area contributed by atoms with Gasteiger partial charge in [0.1, 0.15) is 35.6 Å². The van der Waals surface area contributed by atoms with Gasteiger partial charge < -0.3 is 15.4 Å². The molecule has 156 valence electrons. The number of aromatic nitrogens is 3. The number of ether oxygens (including phenoxy) is 1. The summed E-state index contributed by atoms with van der Waals surface area (Å²) in [4.78, 5) is 28.4.